The minimum atomic E-state index is -0.0583. The van der Waals surface area contributed by atoms with E-state index in [0.29, 0.717) is 36.7 Å². The average Bonchev–Trinajstić information content (AvgIpc) is 3.26. The first-order chi connectivity index (χ1) is 12.3. The van der Waals surface area contributed by atoms with Gasteiger partial charge < -0.3 is 29.6 Å². The molecule has 130 valence electrons. The number of carbonyl (C=O) groups excluding carboxylic acids is 1. The highest BCUT2D eigenvalue weighted by Gasteiger charge is 2.14. The van der Waals surface area contributed by atoms with Crippen LogP contribution in [0.15, 0.2) is 36.4 Å². The molecule has 0 spiro atoms. The molecule has 0 atom stereocenters. The topological polar surface area (TPSA) is 78.1 Å². The third kappa shape index (κ3) is 3.61. The highest BCUT2D eigenvalue weighted by Crippen LogP contribution is 2.34. The van der Waals surface area contributed by atoms with E-state index < -0.39 is 0 Å². The lowest BCUT2D eigenvalue weighted by molar-refractivity contribution is -0.116. The summed E-state index contributed by atoms with van der Waals surface area (Å²) >= 11 is 0. The molecule has 25 heavy (non-hydrogen) atoms. The quantitative estimate of drug-likeness (QED) is 0.784. The lowest BCUT2D eigenvalue weighted by atomic mass is 10.2. The Morgan fingerprint density at radius 3 is 2.36 bits per heavy atom. The third-order valence-electron chi connectivity index (χ3n) is 3.95. The van der Waals surface area contributed by atoms with Gasteiger partial charge in [0.15, 0.2) is 23.0 Å². The van der Waals surface area contributed by atoms with E-state index >= 15 is 0 Å². The number of anilines is 1. The molecule has 0 saturated heterocycles. The molecule has 2 aliphatic heterocycles. The second-order valence-corrected chi connectivity index (χ2v) is 5.73. The lowest BCUT2D eigenvalue weighted by Crippen LogP contribution is -2.21. The normalized spacial score (nSPS) is 13.8. The molecule has 0 aliphatic carbocycles. The monoisotopic (exact) mass is 342 g/mol. The molecule has 0 saturated carbocycles. The molecule has 0 aromatic heterocycles. The first-order valence-electron chi connectivity index (χ1n) is 8.07. The van der Waals surface area contributed by atoms with Crippen LogP contribution >= 0.6 is 0 Å². The molecule has 1 amide bonds. The summed E-state index contributed by atoms with van der Waals surface area (Å²) in [5.41, 5.74) is 1.78. The molecule has 2 heterocycles. The number of hydrogen-bond acceptors (Lipinski definition) is 6. The van der Waals surface area contributed by atoms with Gasteiger partial charge in [0, 0.05) is 31.3 Å². The molecule has 2 aromatic carbocycles. The predicted molar refractivity (Wildman–Crippen MR) is 90.1 cm³/mol. The van der Waals surface area contributed by atoms with Crippen LogP contribution in [-0.2, 0) is 11.3 Å². The minimum Gasteiger partial charge on any atom is -0.454 e. The molecule has 4 rings (SSSR count). The summed E-state index contributed by atoms with van der Waals surface area (Å²) in [6.07, 6.45) is 0.374. The van der Waals surface area contributed by atoms with Gasteiger partial charge >= 0.3 is 0 Å². The van der Waals surface area contributed by atoms with Crippen molar-refractivity contribution in [2.75, 3.05) is 25.4 Å². The smallest absolute Gasteiger partial charge is 0.231 e. The number of ether oxygens (including phenoxy) is 4. The Hall–Kier alpha value is -2.93. The van der Waals surface area contributed by atoms with Crippen LogP contribution in [0.4, 0.5) is 5.69 Å². The first-order valence-corrected chi connectivity index (χ1v) is 8.07. The van der Waals surface area contributed by atoms with Crippen molar-refractivity contribution >= 4 is 11.6 Å². The lowest BCUT2D eigenvalue weighted by Gasteiger charge is -2.08. The van der Waals surface area contributed by atoms with E-state index in [1.165, 1.54) is 0 Å². The fourth-order valence-electron chi connectivity index (χ4n) is 2.68. The molecular formula is C18H18N2O5. The summed E-state index contributed by atoms with van der Waals surface area (Å²) in [7, 11) is 0. The van der Waals surface area contributed by atoms with Crippen LogP contribution in [0.2, 0.25) is 0 Å². The van der Waals surface area contributed by atoms with Crippen molar-refractivity contribution < 1.29 is 23.7 Å². The van der Waals surface area contributed by atoms with Crippen molar-refractivity contribution in [3.63, 3.8) is 0 Å². The maximum Gasteiger partial charge on any atom is 0.231 e. The van der Waals surface area contributed by atoms with Crippen LogP contribution < -0.4 is 29.6 Å². The Balaban J connectivity index is 1.21. The van der Waals surface area contributed by atoms with Crippen molar-refractivity contribution in [2.45, 2.75) is 13.0 Å². The van der Waals surface area contributed by atoms with Crippen molar-refractivity contribution in [3.05, 3.63) is 42.0 Å². The van der Waals surface area contributed by atoms with Crippen molar-refractivity contribution in [3.8, 4) is 23.0 Å². The highest BCUT2D eigenvalue weighted by atomic mass is 16.7. The van der Waals surface area contributed by atoms with Crippen LogP contribution in [0.1, 0.15) is 12.0 Å². The Bertz CT molecular complexity index is 793. The van der Waals surface area contributed by atoms with Crippen molar-refractivity contribution in [2.24, 2.45) is 0 Å². The largest absolute Gasteiger partial charge is 0.454 e. The summed E-state index contributed by atoms with van der Waals surface area (Å²) in [4.78, 5) is 12.0. The van der Waals surface area contributed by atoms with E-state index in [2.05, 4.69) is 10.6 Å². The van der Waals surface area contributed by atoms with Gasteiger partial charge in [-0.3, -0.25) is 4.79 Å². The molecule has 2 aromatic rings. The summed E-state index contributed by atoms with van der Waals surface area (Å²) in [5.74, 6) is 2.82. The average molecular weight is 342 g/mol. The number of amides is 1. The van der Waals surface area contributed by atoms with E-state index in [4.69, 9.17) is 18.9 Å². The Kier molecular flexibility index (Phi) is 4.30. The second kappa shape index (κ2) is 6.90. The van der Waals surface area contributed by atoms with Crippen LogP contribution in [0.25, 0.3) is 0 Å². The van der Waals surface area contributed by atoms with Crippen LogP contribution in [0.5, 0.6) is 23.0 Å². The third-order valence-corrected chi connectivity index (χ3v) is 3.95. The van der Waals surface area contributed by atoms with Gasteiger partial charge in [-0.15, -0.1) is 0 Å². The summed E-state index contributed by atoms with van der Waals surface area (Å²) < 4.78 is 21.2. The molecule has 0 fully saturated rings. The van der Waals surface area contributed by atoms with E-state index in [1.807, 2.05) is 18.2 Å². The zero-order chi connectivity index (χ0) is 17.1. The van der Waals surface area contributed by atoms with E-state index in [1.54, 1.807) is 18.2 Å². The summed E-state index contributed by atoms with van der Waals surface area (Å²) in [5, 5.41) is 6.10. The summed E-state index contributed by atoms with van der Waals surface area (Å²) in [6, 6.07) is 11.2. The van der Waals surface area contributed by atoms with E-state index in [-0.39, 0.29) is 19.5 Å². The van der Waals surface area contributed by atoms with Crippen LogP contribution in [0, 0.1) is 0 Å². The molecule has 2 aliphatic rings. The number of carbonyl (C=O) groups is 1. The van der Waals surface area contributed by atoms with Crippen LogP contribution in [-0.4, -0.2) is 26.0 Å². The van der Waals surface area contributed by atoms with E-state index in [0.717, 1.165) is 17.1 Å². The van der Waals surface area contributed by atoms with Gasteiger partial charge in [-0.05, 0) is 29.8 Å². The number of rotatable bonds is 6. The highest BCUT2D eigenvalue weighted by molar-refractivity contribution is 5.91. The molecule has 0 radical (unpaired) electrons. The number of hydrogen-bond donors (Lipinski definition) is 2. The Morgan fingerprint density at radius 2 is 1.56 bits per heavy atom. The fourth-order valence-corrected chi connectivity index (χ4v) is 2.68. The molecule has 0 unspecified atom stereocenters. The van der Waals surface area contributed by atoms with E-state index in [9.17, 15) is 4.79 Å². The molecule has 7 heteroatoms. The number of benzene rings is 2. The standard InChI is InChI=1S/C18H18N2O5/c21-18(20-13-2-4-15-17(8-13)25-11-23-15)5-6-19-9-12-1-3-14-16(7-12)24-10-22-14/h1-4,7-8,19H,5-6,9-11H2,(H,20,21). The molecular weight excluding hydrogens is 324 g/mol. The fraction of sp³-hybridized carbons (Fsp3) is 0.278. The van der Waals surface area contributed by atoms with Gasteiger partial charge in [-0.1, -0.05) is 6.07 Å². The molecule has 2 N–H and O–H groups in total. The predicted octanol–water partition coefficient (Wildman–Crippen LogP) is 2.26. The minimum absolute atomic E-state index is 0.0583. The van der Waals surface area contributed by atoms with Crippen molar-refractivity contribution in [1.82, 2.24) is 5.32 Å². The molecule has 0 bridgehead atoms. The maximum atomic E-state index is 12.0. The molecule has 7 nitrogen and oxygen atoms in total. The van der Waals surface area contributed by atoms with Gasteiger partial charge in [-0.25, -0.2) is 0 Å². The van der Waals surface area contributed by atoms with Gasteiger partial charge in [0.05, 0.1) is 0 Å². The zero-order valence-corrected chi connectivity index (χ0v) is 13.5. The SMILES string of the molecule is O=C(CCNCc1ccc2c(c1)OCO2)Nc1ccc2c(c1)OCO2. The van der Waals surface area contributed by atoms with Crippen molar-refractivity contribution in [1.29, 1.82) is 0 Å². The maximum absolute atomic E-state index is 12.0. The van der Waals surface area contributed by atoms with Gasteiger partial charge in [0.2, 0.25) is 19.5 Å². The van der Waals surface area contributed by atoms with Gasteiger partial charge in [-0.2, -0.15) is 0 Å². The van der Waals surface area contributed by atoms with Gasteiger partial charge in [0.1, 0.15) is 0 Å². The van der Waals surface area contributed by atoms with Crippen LogP contribution in [0.3, 0.4) is 0 Å². The van der Waals surface area contributed by atoms with Gasteiger partial charge in [0.25, 0.3) is 0 Å². The Labute approximate surface area is 144 Å². The number of fused-ring (bicyclic) bond motifs is 2. The summed E-state index contributed by atoms with van der Waals surface area (Å²) in [6.45, 7) is 1.72. The zero-order valence-electron chi connectivity index (χ0n) is 13.5. The number of nitrogens with one attached hydrogen (secondary N) is 2. The Morgan fingerprint density at radius 1 is 0.880 bits per heavy atom. The first kappa shape index (κ1) is 15.6. The second-order valence-electron chi connectivity index (χ2n) is 5.73.